The Morgan fingerprint density at radius 3 is 1.07 bits per heavy atom. The molecule has 0 heterocycles. The van der Waals surface area contributed by atoms with Crippen molar-refractivity contribution in [3.63, 3.8) is 0 Å². The molecule has 0 spiro atoms. The second kappa shape index (κ2) is 7.96. The molecule has 0 saturated heterocycles. The number of phenols is 3. The summed E-state index contributed by atoms with van der Waals surface area (Å²) in [4.78, 5) is 0. The van der Waals surface area contributed by atoms with Crippen molar-refractivity contribution in [2.24, 2.45) is 0 Å². The summed E-state index contributed by atoms with van der Waals surface area (Å²) in [6.07, 6.45) is 0.807. The van der Waals surface area contributed by atoms with Crippen LogP contribution in [0.4, 0.5) is 0 Å². The lowest BCUT2D eigenvalue weighted by molar-refractivity contribution is 0.473. The summed E-state index contributed by atoms with van der Waals surface area (Å²) in [5.41, 5.74) is 4.96. The average Bonchev–Trinajstić information content (AvgIpc) is 2.78. The highest BCUT2D eigenvalue weighted by Crippen LogP contribution is 2.43. The monoisotopic (exact) mass is 396 g/mol. The number of hydrogen-bond acceptors (Lipinski definition) is 3. The zero-order valence-corrected chi connectivity index (χ0v) is 16.8. The van der Waals surface area contributed by atoms with E-state index < -0.39 is 5.41 Å². The molecule has 3 N–H and O–H groups in total. The molecule has 4 aromatic rings. The van der Waals surface area contributed by atoms with E-state index >= 15 is 0 Å². The van der Waals surface area contributed by atoms with Gasteiger partial charge in [0.2, 0.25) is 0 Å². The summed E-state index contributed by atoms with van der Waals surface area (Å²) in [6.45, 7) is 2.15. The van der Waals surface area contributed by atoms with Crippen LogP contribution in [0.1, 0.15) is 30.0 Å². The van der Waals surface area contributed by atoms with Crippen molar-refractivity contribution in [3.05, 3.63) is 114 Å². The molecular weight excluding hydrogens is 372 g/mol. The molecule has 30 heavy (non-hydrogen) atoms. The van der Waals surface area contributed by atoms with Crippen molar-refractivity contribution in [2.75, 3.05) is 0 Å². The van der Waals surface area contributed by atoms with Crippen molar-refractivity contribution in [1.82, 2.24) is 0 Å². The number of benzene rings is 4. The Morgan fingerprint density at radius 1 is 0.467 bits per heavy atom. The van der Waals surface area contributed by atoms with Gasteiger partial charge < -0.3 is 15.3 Å². The summed E-state index contributed by atoms with van der Waals surface area (Å²) in [5.74, 6) is 0.717. The molecule has 0 aliphatic carbocycles. The first kappa shape index (κ1) is 19.6. The van der Waals surface area contributed by atoms with Gasteiger partial charge in [-0.05, 0) is 70.6 Å². The van der Waals surface area contributed by atoms with Gasteiger partial charge in [-0.3, -0.25) is 0 Å². The van der Waals surface area contributed by atoms with Gasteiger partial charge in [0.05, 0.1) is 0 Å². The van der Waals surface area contributed by atoms with Crippen LogP contribution in [0.2, 0.25) is 0 Å². The van der Waals surface area contributed by atoms with Gasteiger partial charge in [-0.1, -0.05) is 67.6 Å². The first-order chi connectivity index (χ1) is 14.5. The van der Waals surface area contributed by atoms with Crippen LogP contribution in [0.3, 0.4) is 0 Å². The first-order valence-corrected chi connectivity index (χ1v) is 10.0. The third-order valence-electron chi connectivity index (χ3n) is 5.83. The number of phenolic OH excluding ortho intramolecular Hbond substituents is 3. The van der Waals surface area contributed by atoms with Crippen LogP contribution < -0.4 is 0 Å². The lowest BCUT2D eigenvalue weighted by Gasteiger charge is -2.35. The van der Waals surface area contributed by atoms with E-state index in [1.165, 1.54) is 0 Å². The largest absolute Gasteiger partial charge is 0.508 e. The Labute approximate surface area is 176 Å². The van der Waals surface area contributed by atoms with Gasteiger partial charge in [0.15, 0.2) is 0 Å². The van der Waals surface area contributed by atoms with Crippen LogP contribution in [0, 0.1) is 0 Å². The molecule has 3 nitrogen and oxygen atoms in total. The second-order valence-electron chi connectivity index (χ2n) is 7.48. The van der Waals surface area contributed by atoms with Gasteiger partial charge in [0, 0.05) is 5.41 Å². The van der Waals surface area contributed by atoms with Crippen molar-refractivity contribution in [2.45, 2.75) is 18.8 Å². The van der Waals surface area contributed by atoms with E-state index in [9.17, 15) is 15.3 Å². The fourth-order valence-electron chi connectivity index (χ4n) is 4.21. The highest BCUT2D eigenvalue weighted by atomic mass is 16.3. The number of rotatable bonds is 5. The highest BCUT2D eigenvalue weighted by molar-refractivity contribution is 5.65. The summed E-state index contributed by atoms with van der Waals surface area (Å²) >= 11 is 0. The molecule has 150 valence electrons. The summed E-state index contributed by atoms with van der Waals surface area (Å²) in [6, 6.07) is 30.3. The van der Waals surface area contributed by atoms with Crippen molar-refractivity contribution < 1.29 is 15.3 Å². The van der Waals surface area contributed by atoms with Crippen LogP contribution in [0.15, 0.2) is 97.1 Å². The van der Waals surface area contributed by atoms with Gasteiger partial charge in [-0.15, -0.1) is 0 Å². The molecular formula is C27H24O3. The van der Waals surface area contributed by atoms with Gasteiger partial charge in [0.25, 0.3) is 0 Å². The molecule has 0 unspecified atom stereocenters. The van der Waals surface area contributed by atoms with E-state index in [1.54, 1.807) is 36.4 Å². The Hall–Kier alpha value is -3.72. The Balaban J connectivity index is 1.86. The first-order valence-electron chi connectivity index (χ1n) is 10.0. The smallest absolute Gasteiger partial charge is 0.115 e. The zero-order chi connectivity index (χ0) is 21.1. The van der Waals surface area contributed by atoms with E-state index in [4.69, 9.17) is 0 Å². The van der Waals surface area contributed by atoms with Crippen molar-refractivity contribution >= 4 is 0 Å². The maximum absolute atomic E-state index is 9.80. The molecule has 0 aliphatic heterocycles. The normalized spacial score (nSPS) is 11.4. The highest BCUT2D eigenvalue weighted by Gasteiger charge is 2.34. The molecule has 0 amide bonds. The van der Waals surface area contributed by atoms with Gasteiger partial charge in [0.1, 0.15) is 17.2 Å². The third-order valence-corrected chi connectivity index (χ3v) is 5.83. The van der Waals surface area contributed by atoms with Gasteiger partial charge in [-0.25, -0.2) is 0 Å². The molecule has 0 aliphatic rings. The standard InChI is InChI=1S/C27H24O3/c1-2-27(22-9-15-25(29)16-10-22,23-11-17-26(30)18-12-23)21-7-3-19(4-8-21)20-5-13-24(28)14-6-20/h3-18,28-30H,2H2,1H3. The predicted octanol–water partition coefficient (Wildman–Crippen LogP) is 6.21. The number of aromatic hydroxyl groups is 3. The van der Waals surface area contributed by atoms with Crippen LogP contribution in [0.25, 0.3) is 11.1 Å². The van der Waals surface area contributed by atoms with Gasteiger partial charge in [-0.2, -0.15) is 0 Å². The zero-order valence-electron chi connectivity index (χ0n) is 16.8. The van der Waals surface area contributed by atoms with Crippen molar-refractivity contribution in [1.29, 1.82) is 0 Å². The minimum absolute atomic E-state index is 0.233. The Bertz CT molecular complexity index is 1070. The van der Waals surface area contributed by atoms with E-state index in [-0.39, 0.29) is 17.2 Å². The minimum atomic E-state index is -0.422. The van der Waals surface area contributed by atoms with E-state index in [1.807, 2.05) is 36.4 Å². The molecule has 4 rings (SSSR count). The predicted molar refractivity (Wildman–Crippen MR) is 120 cm³/mol. The summed E-state index contributed by atoms with van der Waals surface area (Å²) in [5, 5.41) is 29.1. The molecule has 0 bridgehead atoms. The Morgan fingerprint density at radius 2 is 0.733 bits per heavy atom. The lowest BCUT2D eigenvalue weighted by atomic mass is 9.67. The molecule has 0 fully saturated rings. The topological polar surface area (TPSA) is 60.7 Å². The van der Waals surface area contributed by atoms with Gasteiger partial charge >= 0.3 is 0 Å². The second-order valence-corrected chi connectivity index (χ2v) is 7.48. The van der Waals surface area contributed by atoms with E-state index in [0.717, 1.165) is 34.2 Å². The molecule has 0 saturated carbocycles. The third kappa shape index (κ3) is 3.50. The van der Waals surface area contributed by atoms with E-state index in [0.29, 0.717) is 0 Å². The summed E-state index contributed by atoms with van der Waals surface area (Å²) < 4.78 is 0. The molecule has 0 atom stereocenters. The molecule has 4 aromatic carbocycles. The minimum Gasteiger partial charge on any atom is -0.508 e. The quantitative estimate of drug-likeness (QED) is 0.351. The Kier molecular flexibility index (Phi) is 5.20. The van der Waals surface area contributed by atoms with Crippen LogP contribution in [0.5, 0.6) is 17.2 Å². The number of hydrogen-bond donors (Lipinski definition) is 3. The molecule has 0 aromatic heterocycles. The average molecular weight is 396 g/mol. The fourth-order valence-corrected chi connectivity index (χ4v) is 4.21. The van der Waals surface area contributed by atoms with Crippen LogP contribution in [-0.2, 0) is 5.41 Å². The maximum Gasteiger partial charge on any atom is 0.115 e. The maximum atomic E-state index is 9.80. The van der Waals surface area contributed by atoms with Crippen LogP contribution >= 0.6 is 0 Å². The lowest BCUT2D eigenvalue weighted by Crippen LogP contribution is -2.28. The molecule has 0 radical (unpaired) electrons. The fraction of sp³-hybridized carbons (Fsp3) is 0.111. The van der Waals surface area contributed by atoms with Crippen LogP contribution in [-0.4, -0.2) is 15.3 Å². The summed E-state index contributed by atoms with van der Waals surface area (Å²) in [7, 11) is 0. The molecule has 3 heteroatoms. The SMILES string of the molecule is CCC(c1ccc(O)cc1)(c1ccc(O)cc1)c1ccc(-c2ccc(O)cc2)cc1. The van der Waals surface area contributed by atoms with E-state index in [2.05, 4.69) is 31.2 Å². The van der Waals surface area contributed by atoms with Crippen molar-refractivity contribution in [3.8, 4) is 28.4 Å².